The molecule has 0 radical (unpaired) electrons. The molecular weight excluding hydrogens is 404 g/mol. The molecule has 2 N–H and O–H groups in total. The van der Waals surface area contributed by atoms with Crippen LogP contribution in [0.1, 0.15) is 29.4 Å². The number of hydrogen-bond acceptors (Lipinski definition) is 7. The summed E-state index contributed by atoms with van der Waals surface area (Å²) in [5.41, 5.74) is 2.18. The highest BCUT2D eigenvalue weighted by atomic mass is 32.1. The second kappa shape index (κ2) is 9.75. The maximum Gasteiger partial charge on any atom is 0.269 e. The van der Waals surface area contributed by atoms with E-state index in [0.717, 1.165) is 11.3 Å². The average Bonchev–Trinajstić information content (AvgIpc) is 3.16. The molecule has 0 saturated carbocycles. The topological polar surface area (TPSA) is 114 Å². The summed E-state index contributed by atoms with van der Waals surface area (Å²) in [5, 5.41) is 16.9. The number of ketones is 1. The zero-order valence-electron chi connectivity index (χ0n) is 16.3. The molecular formula is C21H20N4O4S. The van der Waals surface area contributed by atoms with E-state index >= 15 is 0 Å². The third-order valence-corrected chi connectivity index (χ3v) is 5.30. The van der Waals surface area contributed by atoms with Crippen molar-refractivity contribution in [2.24, 2.45) is 0 Å². The van der Waals surface area contributed by atoms with Crippen LogP contribution in [0.4, 0.5) is 16.5 Å². The molecule has 0 unspecified atom stereocenters. The quantitative estimate of drug-likeness (QED) is 0.222. The van der Waals surface area contributed by atoms with E-state index in [0.29, 0.717) is 28.7 Å². The molecule has 30 heavy (non-hydrogen) atoms. The van der Waals surface area contributed by atoms with Crippen molar-refractivity contribution in [3.8, 4) is 11.3 Å². The predicted octanol–water partition coefficient (Wildman–Crippen LogP) is 4.75. The van der Waals surface area contributed by atoms with Crippen LogP contribution in [0.5, 0.6) is 0 Å². The number of non-ortho nitro benzene ring substituents is 1. The van der Waals surface area contributed by atoms with Crippen LogP contribution in [0.25, 0.3) is 11.3 Å². The lowest BCUT2D eigenvalue weighted by Gasteiger charge is -2.06. The number of carbonyl (C=O) groups is 2. The van der Waals surface area contributed by atoms with Gasteiger partial charge in [0.1, 0.15) is 0 Å². The van der Waals surface area contributed by atoms with E-state index in [1.807, 2.05) is 30.3 Å². The number of benzene rings is 2. The third-order valence-electron chi connectivity index (χ3n) is 4.23. The van der Waals surface area contributed by atoms with Crippen molar-refractivity contribution in [3.05, 3.63) is 69.6 Å². The Morgan fingerprint density at radius 2 is 1.80 bits per heavy atom. The summed E-state index contributed by atoms with van der Waals surface area (Å²) in [6.45, 7) is 2.02. The van der Waals surface area contributed by atoms with Gasteiger partial charge in [0.15, 0.2) is 10.9 Å². The molecule has 8 nitrogen and oxygen atoms in total. The summed E-state index contributed by atoms with van der Waals surface area (Å²) < 4.78 is 0. The van der Waals surface area contributed by atoms with Crippen LogP contribution in [-0.2, 0) is 4.79 Å². The molecule has 9 heteroatoms. The van der Waals surface area contributed by atoms with Gasteiger partial charge in [0.25, 0.3) is 5.69 Å². The molecule has 0 aliphatic carbocycles. The van der Waals surface area contributed by atoms with Gasteiger partial charge in [-0.25, -0.2) is 4.98 Å². The van der Waals surface area contributed by atoms with Crippen molar-refractivity contribution in [2.45, 2.75) is 19.8 Å². The van der Waals surface area contributed by atoms with Gasteiger partial charge in [-0.05, 0) is 18.6 Å². The Labute approximate surface area is 177 Å². The number of Topliss-reactive ketones (excluding diaryl/α,β-unsaturated/α-hetero) is 1. The summed E-state index contributed by atoms with van der Waals surface area (Å²) in [7, 11) is 0. The Kier molecular flexibility index (Phi) is 6.87. The SMILES string of the molecule is CC(=O)c1sc(NC(=O)CCCNc2ccc([N+](=O)[O-])cc2)nc1-c1ccccc1. The third kappa shape index (κ3) is 5.48. The number of amides is 1. The van der Waals surface area contributed by atoms with Gasteiger partial charge in [0.2, 0.25) is 5.91 Å². The number of nitro benzene ring substituents is 1. The normalized spacial score (nSPS) is 10.4. The molecule has 0 spiro atoms. The average molecular weight is 424 g/mol. The molecule has 1 amide bonds. The van der Waals surface area contributed by atoms with Gasteiger partial charge < -0.3 is 10.6 Å². The van der Waals surface area contributed by atoms with Gasteiger partial charge in [0.05, 0.1) is 15.5 Å². The lowest BCUT2D eigenvalue weighted by atomic mass is 10.1. The first-order chi connectivity index (χ1) is 14.4. The Bertz CT molecular complexity index is 1050. The monoisotopic (exact) mass is 424 g/mol. The second-order valence-electron chi connectivity index (χ2n) is 6.50. The number of aromatic nitrogens is 1. The molecule has 154 valence electrons. The minimum absolute atomic E-state index is 0.0307. The smallest absolute Gasteiger partial charge is 0.269 e. The Hall–Kier alpha value is -3.59. The van der Waals surface area contributed by atoms with E-state index in [4.69, 9.17) is 0 Å². The number of rotatable bonds is 9. The summed E-state index contributed by atoms with van der Waals surface area (Å²) in [5.74, 6) is -0.289. The minimum atomic E-state index is -0.451. The lowest BCUT2D eigenvalue weighted by Crippen LogP contribution is -2.13. The molecule has 2 aromatic carbocycles. The Morgan fingerprint density at radius 1 is 1.10 bits per heavy atom. The zero-order chi connectivity index (χ0) is 21.5. The van der Waals surface area contributed by atoms with Gasteiger partial charge in [-0.15, -0.1) is 0 Å². The zero-order valence-corrected chi connectivity index (χ0v) is 17.1. The first-order valence-corrected chi connectivity index (χ1v) is 10.1. The van der Waals surface area contributed by atoms with Crippen molar-refractivity contribution in [2.75, 3.05) is 17.2 Å². The summed E-state index contributed by atoms with van der Waals surface area (Å²) in [6, 6.07) is 15.5. The van der Waals surface area contributed by atoms with Gasteiger partial charge in [-0.2, -0.15) is 0 Å². The molecule has 0 atom stereocenters. The maximum absolute atomic E-state index is 12.2. The highest BCUT2D eigenvalue weighted by Gasteiger charge is 2.17. The number of carbonyl (C=O) groups excluding carboxylic acids is 2. The van der Waals surface area contributed by atoms with E-state index in [-0.39, 0.29) is 23.8 Å². The Balaban J connectivity index is 1.52. The van der Waals surface area contributed by atoms with E-state index < -0.39 is 4.92 Å². The van der Waals surface area contributed by atoms with Crippen LogP contribution in [-0.4, -0.2) is 28.1 Å². The molecule has 1 aromatic heterocycles. The maximum atomic E-state index is 12.2. The molecule has 0 aliphatic heterocycles. The minimum Gasteiger partial charge on any atom is -0.385 e. The van der Waals surface area contributed by atoms with E-state index in [2.05, 4.69) is 15.6 Å². The first kappa shape index (κ1) is 21.1. The van der Waals surface area contributed by atoms with E-state index in [1.165, 1.54) is 30.4 Å². The first-order valence-electron chi connectivity index (χ1n) is 9.29. The highest BCUT2D eigenvalue weighted by Crippen LogP contribution is 2.31. The summed E-state index contributed by atoms with van der Waals surface area (Å²) >= 11 is 1.17. The molecule has 0 saturated heterocycles. The van der Waals surface area contributed by atoms with Crippen molar-refractivity contribution < 1.29 is 14.5 Å². The van der Waals surface area contributed by atoms with Crippen molar-refractivity contribution in [1.29, 1.82) is 0 Å². The molecule has 1 heterocycles. The number of nitrogens with one attached hydrogen (secondary N) is 2. The molecule has 3 rings (SSSR count). The fraction of sp³-hybridized carbons (Fsp3) is 0.190. The predicted molar refractivity (Wildman–Crippen MR) is 117 cm³/mol. The van der Waals surface area contributed by atoms with Gasteiger partial charge in [-0.3, -0.25) is 19.7 Å². The summed E-state index contributed by atoms with van der Waals surface area (Å²) in [4.78, 5) is 39.3. The molecule has 3 aromatic rings. The van der Waals surface area contributed by atoms with Crippen LogP contribution < -0.4 is 10.6 Å². The van der Waals surface area contributed by atoms with Crippen LogP contribution in [0.3, 0.4) is 0 Å². The number of nitrogens with zero attached hydrogens (tertiary/aromatic N) is 2. The van der Waals surface area contributed by atoms with Crippen LogP contribution in [0, 0.1) is 10.1 Å². The second-order valence-corrected chi connectivity index (χ2v) is 7.50. The largest absolute Gasteiger partial charge is 0.385 e. The molecule has 0 fully saturated rings. The molecule has 0 aliphatic rings. The fourth-order valence-electron chi connectivity index (χ4n) is 2.77. The van der Waals surface area contributed by atoms with Gasteiger partial charge >= 0.3 is 0 Å². The number of thiazole rings is 1. The number of nitro groups is 1. The van der Waals surface area contributed by atoms with Crippen molar-refractivity contribution >= 4 is 39.5 Å². The van der Waals surface area contributed by atoms with Gasteiger partial charge in [-0.1, -0.05) is 41.7 Å². The van der Waals surface area contributed by atoms with E-state index in [9.17, 15) is 19.7 Å². The van der Waals surface area contributed by atoms with Crippen LogP contribution in [0.2, 0.25) is 0 Å². The van der Waals surface area contributed by atoms with E-state index in [1.54, 1.807) is 12.1 Å². The van der Waals surface area contributed by atoms with Crippen molar-refractivity contribution in [3.63, 3.8) is 0 Å². The summed E-state index contributed by atoms with van der Waals surface area (Å²) in [6.07, 6.45) is 0.842. The standard InChI is InChI=1S/C21H20N4O4S/c1-14(26)20-19(15-6-3-2-4-7-15)24-21(30-20)23-18(27)8-5-13-22-16-9-11-17(12-10-16)25(28)29/h2-4,6-7,9-12,22H,5,8,13H2,1H3,(H,23,24,27). The van der Waals surface area contributed by atoms with Crippen molar-refractivity contribution in [1.82, 2.24) is 4.98 Å². The van der Waals surface area contributed by atoms with Crippen LogP contribution in [0.15, 0.2) is 54.6 Å². The molecule has 0 bridgehead atoms. The number of hydrogen-bond donors (Lipinski definition) is 2. The van der Waals surface area contributed by atoms with Crippen LogP contribution >= 0.6 is 11.3 Å². The van der Waals surface area contributed by atoms with Gasteiger partial charge in [0, 0.05) is 43.3 Å². The number of anilines is 2. The Morgan fingerprint density at radius 3 is 2.43 bits per heavy atom. The highest BCUT2D eigenvalue weighted by molar-refractivity contribution is 7.18. The lowest BCUT2D eigenvalue weighted by molar-refractivity contribution is -0.384. The fourth-order valence-corrected chi connectivity index (χ4v) is 3.67.